The Kier molecular flexibility index (Phi) is 7.82. The van der Waals surface area contributed by atoms with E-state index < -0.39 is 5.97 Å². The number of hydrogen-bond donors (Lipinski definition) is 2. The molecule has 0 atom stereocenters. The molecule has 6 heteroatoms. The molecule has 144 valence electrons. The van der Waals surface area contributed by atoms with Crippen LogP contribution in [0.5, 0.6) is 0 Å². The summed E-state index contributed by atoms with van der Waals surface area (Å²) in [6.07, 6.45) is 0. The normalized spacial score (nSPS) is 10.5. The number of anilines is 2. The van der Waals surface area contributed by atoms with Crippen LogP contribution in [0.3, 0.4) is 0 Å². The minimum atomic E-state index is -0.403. The molecule has 2 aromatic carbocycles. The first-order valence-corrected chi connectivity index (χ1v) is 9.09. The molecule has 0 aliphatic heterocycles. The van der Waals surface area contributed by atoms with Gasteiger partial charge in [-0.25, -0.2) is 4.79 Å². The molecule has 0 saturated heterocycles. The average Bonchev–Trinajstić information content (AvgIpc) is 2.71. The second-order valence-electron chi connectivity index (χ2n) is 6.09. The maximum absolute atomic E-state index is 12.2. The van der Waals surface area contributed by atoms with E-state index in [2.05, 4.69) is 40.2 Å². The van der Waals surface area contributed by atoms with Crippen LogP contribution >= 0.6 is 0 Å². The Morgan fingerprint density at radius 2 is 1.67 bits per heavy atom. The highest BCUT2D eigenvalue weighted by Crippen LogP contribution is 2.17. The van der Waals surface area contributed by atoms with Gasteiger partial charge in [0, 0.05) is 17.9 Å². The summed E-state index contributed by atoms with van der Waals surface area (Å²) >= 11 is 0. The molecule has 27 heavy (non-hydrogen) atoms. The van der Waals surface area contributed by atoms with E-state index >= 15 is 0 Å². The Morgan fingerprint density at radius 3 is 2.30 bits per heavy atom. The summed E-state index contributed by atoms with van der Waals surface area (Å²) in [6, 6.07) is 14.6. The minimum Gasteiger partial charge on any atom is -0.465 e. The molecule has 0 fully saturated rings. The molecule has 1 amide bonds. The number of nitrogens with zero attached hydrogens (tertiary/aromatic N) is 1. The maximum Gasteiger partial charge on any atom is 0.337 e. The van der Waals surface area contributed by atoms with E-state index in [4.69, 9.17) is 0 Å². The summed E-state index contributed by atoms with van der Waals surface area (Å²) in [7, 11) is 1.34. The topological polar surface area (TPSA) is 70.7 Å². The number of nitrogens with one attached hydrogen (secondary N) is 2. The van der Waals surface area contributed by atoms with Gasteiger partial charge in [0.25, 0.3) is 0 Å². The molecule has 0 aromatic heterocycles. The fraction of sp³-hybridized carbons (Fsp3) is 0.333. The van der Waals surface area contributed by atoms with E-state index in [-0.39, 0.29) is 12.5 Å². The molecule has 0 heterocycles. The van der Waals surface area contributed by atoms with Gasteiger partial charge in [0.05, 0.1) is 19.2 Å². The van der Waals surface area contributed by atoms with Crippen LogP contribution in [0.2, 0.25) is 0 Å². The first-order chi connectivity index (χ1) is 13.1. The molecular formula is C21H27N3O3. The Balaban J connectivity index is 1.93. The van der Waals surface area contributed by atoms with Gasteiger partial charge in [-0.05, 0) is 49.0 Å². The average molecular weight is 369 g/mol. The quantitative estimate of drug-likeness (QED) is 0.663. The lowest BCUT2D eigenvalue weighted by Crippen LogP contribution is -2.25. The Hall–Kier alpha value is -2.86. The molecule has 0 aliphatic carbocycles. The molecule has 0 aliphatic rings. The predicted molar refractivity (Wildman–Crippen MR) is 108 cm³/mol. The number of methoxy groups -OCH3 is 1. The van der Waals surface area contributed by atoms with Crippen LogP contribution in [0, 0.1) is 0 Å². The van der Waals surface area contributed by atoms with E-state index in [0.717, 1.165) is 30.9 Å². The van der Waals surface area contributed by atoms with Gasteiger partial charge in [0.2, 0.25) is 5.91 Å². The van der Waals surface area contributed by atoms with Crippen LogP contribution in [0.25, 0.3) is 0 Å². The molecule has 0 spiro atoms. The summed E-state index contributed by atoms with van der Waals surface area (Å²) in [5.41, 5.74) is 3.20. The van der Waals surface area contributed by atoms with Crippen LogP contribution in [-0.2, 0) is 16.1 Å². The number of amides is 1. The lowest BCUT2D eigenvalue weighted by atomic mass is 10.1. The molecule has 6 nitrogen and oxygen atoms in total. The zero-order valence-corrected chi connectivity index (χ0v) is 16.1. The van der Waals surface area contributed by atoms with Crippen LogP contribution in [-0.4, -0.2) is 43.5 Å². The van der Waals surface area contributed by atoms with Gasteiger partial charge in [0.15, 0.2) is 0 Å². The summed E-state index contributed by atoms with van der Waals surface area (Å²) in [5.74, 6) is -0.558. The van der Waals surface area contributed by atoms with Crippen LogP contribution in [0.15, 0.2) is 48.5 Å². The Morgan fingerprint density at radius 1 is 1.00 bits per heavy atom. The van der Waals surface area contributed by atoms with Crippen molar-refractivity contribution >= 4 is 23.3 Å². The van der Waals surface area contributed by atoms with E-state index in [1.54, 1.807) is 24.3 Å². The van der Waals surface area contributed by atoms with Crippen molar-refractivity contribution in [1.29, 1.82) is 0 Å². The van der Waals surface area contributed by atoms with Crippen LogP contribution < -0.4 is 10.6 Å². The second-order valence-corrected chi connectivity index (χ2v) is 6.09. The zero-order valence-electron chi connectivity index (χ0n) is 16.1. The third-order valence-corrected chi connectivity index (χ3v) is 4.33. The monoisotopic (exact) mass is 369 g/mol. The van der Waals surface area contributed by atoms with E-state index in [1.165, 1.54) is 7.11 Å². The van der Waals surface area contributed by atoms with Crippen molar-refractivity contribution in [2.24, 2.45) is 0 Å². The second kappa shape index (κ2) is 10.3. The van der Waals surface area contributed by atoms with Gasteiger partial charge in [-0.1, -0.05) is 32.0 Å². The molecule has 2 N–H and O–H groups in total. The molecule has 0 bridgehead atoms. The molecule has 0 saturated carbocycles. The van der Waals surface area contributed by atoms with Crippen molar-refractivity contribution in [3.8, 4) is 0 Å². The van der Waals surface area contributed by atoms with Crippen molar-refractivity contribution in [3.05, 3.63) is 59.7 Å². The fourth-order valence-corrected chi connectivity index (χ4v) is 2.71. The first-order valence-electron chi connectivity index (χ1n) is 9.09. The standard InChI is InChI=1S/C21H27N3O3/c1-4-24(5-2)15-17-8-6-7-9-19(17)22-14-20(25)23-18-12-10-16(11-13-18)21(26)27-3/h6-13,22H,4-5,14-15H2,1-3H3,(H,23,25). The number of carbonyl (C=O) groups excluding carboxylic acids is 2. The van der Waals surface area contributed by atoms with E-state index in [1.807, 2.05) is 18.2 Å². The fourth-order valence-electron chi connectivity index (χ4n) is 2.71. The van der Waals surface area contributed by atoms with Crippen molar-refractivity contribution in [2.75, 3.05) is 37.4 Å². The number of rotatable bonds is 9. The van der Waals surface area contributed by atoms with Gasteiger partial charge in [-0.3, -0.25) is 9.69 Å². The van der Waals surface area contributed by atoms with Crippen molar-refractivity contribution in [1.82, 2.24) is 4.90 Å². The Bertz CT molecular complexity index is 756. The third-order valence-electron chi connectivity index (χ3n) is 4.33. The summed E-state index contributed by atoms with van der Waals surface area (Å²) in [5, 5.41) is 6.03. The van der Waals surface area contributed by atoms with Crippen molar-refractivity contribution in [3.63, 3.8) is 0 Å². The highest BCUT2D eigenvalue weighted by atomic mass is 16.5. The van der Waals surface area contributed by atoms with E-state index in [9.17, 15) is 9.59 Å². The summed E-state index contributed by atoms with van der Waals surface area (Å²) in [6.45, 7) is 7.23. The molecule has 2 aromatic rings. The van der Waals surface area contributed by atoms with Gasteiger partial charge < -0.3 is 15.4 Å². The highest BCUT2D eigenvalue weighted by Gasteiger charge is 2.09. The molecule has 0 unspecified atom stereocenters. The number of esters is 1. The molecule has 2 rings (SSSR count). The van der Waals surface area contributed by atoms with E-state index in [0.29, 0.717) is 11.3 Å². The number of hydrogen-bond acceptors (Lipinski definition) is 5. The van der Waals surface area contributed by atoms with Gasteiger partial charge in [0.1, 0.15) is 0 Å². The summed E-state index contributed by atoms with van der Waals surface area (Å²) in [4.78, 5) is 26.0. The maximum atomic E-state index is 12.2. The number of carbonyl (C=O) groups is 2. The third kappa shape index (κ3) is 6.11. The number of para-hydroxylation sites is 1. The Labute approximate surface area is 160 Å². The van der Waals surface area contributed by atoms with Gasteiger partial charge >= 0.3 is 5.97 Å². The largest absolute Gasteiger partial charge is 0.465 e. The van der Waals surface area contributed by atoms with Crippen LogP contribution in [0.1, 0.15) is 29.8 Å². The number of ether oxygens (including phenoxy) is 1. The lowest BCUT2D eigenvalue weighted by molar-refractivity contribution is -0.114. The first kappa shape index (κ1) is 20.5. The smallest absolute Gasteiger partial charge is 0.337 e. The predicted octanol–water partition coefficient (Wildman–Crippen LogP) is 3.37. The molecule has 0 radical (unpaired) electrons. The lowest BCUT2D eigenvalue weighted by Gasteiger charge is -2.20. The molecular weight excluding hydrogens is 342 g/mol. The highest BCUT2D eigenvalue weighted by molar-refractivity contribution is 5.95. The van der Waals surface area contributed by atoms with Crippen molar-refractivity contribution < 1.29 is 14.3 Å². The number of benzene rings is 2. The SMILES string of the molecule is CCN(CC)Cc1ccccc1NCC(=O)Nc1ccc(C(=O)OC)cc1. The minimum absolute atomic E-state index is 0.154. The van der Waals surface area contributed by atoms with Gasteiger partial charge in [-0.2, -0.15) is 0 Å². The van der Waals surface area contributed by atoms with Gasteiger partial charge in [-0.15, -0.1) is 0 Å². The zero-order chi connectivity index (χ0) is 19.6. The van der Waals surface area contributed by atoms with Crippen molar-refractivity contribution in [2.45, 2.75) is 20.4 Å². The summed E-state index contributed by atoms with van der Waals surface area (Å²) < 4.78 is 4.66. The van der Waals surface area contributed by atoms with Crippen LogP contribution in [0.4, 0.5) is 11.4 Å².